The number of aliphatic hydroxyl groups is 3. The fourth-order valence-corrected chi connectivity index (χ4v) is 7.73. The predicted octanol–water partition coefficient (Wildman–Crippen LogP) is 8.73. The maximum atomic E-state index is 12.7. The fourth-order valence-electron chi connectivity index (χ4n) is 6.99. The van der Waals surface area contributed by atoms with Crippen LogP contribution >= 0.6 is 7.82 Å². The molecule has 1 unspecified atom stereocenters. The summed E-state index contributed by atoms with van der Waals surface area (Å²) in [6, 6.07) is 0. The molecule has 12 nitrogen and oxygen atoms in total. The molecule has 0 bridgehead atoms. The zero-order valence-electron chi connectivity index (χ0n) is 36.4. The highest BCUT2D eigenvalue weighted by atomic mass is 31.2. The number of unbranched alkanes of at least 4 members (excludes halogenated alkanes) is 16. The molecule has 0 aromatic rings. The summed E-state index contributed by atoms with van der Waals surface area (Å²) in [5.74, 6) is -1.68. The van der Waals surface area contributed by atoms with E-state index in [9.17, 15) is 34.4 Å². The van der Waals surface area contributed by atoms with Gasteiger partial charge < -0.3 is 34.2 Å². The number of allylic oxidation sites excluding steroid dienone is 1. The Morgan fingerprint density at radius 3 is 1.89 bits per heavy atom. The van der Waals surface area contributed by atoms with Crippen molar-refractivity contribution in [2.24, 2.45) is 11.8 Å². The largest absolute Gasteiger partial charge is 0.472 e. The molecule has 0 amide bonds. The lowest BCUT2D eigenvalue weighted by molar-refractivity contribution is -0.870. The van der Waals surface area contributed by atoms with Gasteiger partial charge in [-0.05, 0) is 25.2 Å². The molecule has 13 heteroatoms. The smallest absolute Gasteiger partial charge is 0.461 e. The quantitative estimate of drug-likeness (QED) is 0.0157. The van der Waals surface area contributed by atoms with E-state index in [1.807, 2.05) is 21.1 Å². The number of carbonyl (C=O) groups excluding carboxylic acids is 2. The van der Waals surface area contributed by atoms with E-state index in [0.717, 1.165) is 38.5 Å². The molecule has 0 saturated heterocycles. The van der Waals surface area contributed by atoms with Crippen LogP contribution < -0.4 is 0 Å². The minimum atomic E-state index is -4.45. The molecule has 1 aliphatic carbocycles. The standard InChI is InChI=1S/C44H82NO11P/c1-6-8-10-11-12-13-14-15-16-17-18-19-20-21-23-29-44(50)56-38(36-55-57(51,52)54-33-32-45(3,4)5)35-53-43(49)28-25-24-27-39-40(42(48)34-41(39)47)31-30-37(46)26-22-9-7-2/h24-25,30-31,37-42,46-48H,6-23,26-29,32-36H2,1-5H3/p+1/b25-24-,31-30+/t37-,38-,39+,40-,41+,42-/m1/s1. The van der Waals surface area contributed by atoms with E-state index in [0.29, 0.717) is 30.3 Å². The zero-order valence-corrected chi connectivity index (χ0v) is 37.3. The van der Waals surface area contributed by atoms with Crippen LogP contribution in [0, 0.1) is 11.8 Å². The number of hydrogen-bond donors (Lipinski definition) is 4. The Bertz CT molecular complexity index is 1140. The van der Waals surface area contributed by atoms with Crippen molar-refractivity contribution in [3.63, 3.8) is 0 Å². The molecule has 0 aliphatic heterocycles. The van der Waals surface area contributed by atoms with Crippen molar-refractivity contribution in [2.45, 2.75) is 186 Å². The van der Waals surface area contributed by atoms with Crippen molar-refractivity contribution in [3.8, 4) is 0 Å². The first-order chi connectivity index (χ1) is 27.2. The van der Waals surface area contributed by atoms with E-state index in [1.165, 1.54) is 70.6 Å². The number of nitrogens with zero attached hydrogens (tertiary/aromatic N) is 1. The maximum absolute atomic E-state index is 12.7. The van der Waals surface area contributed by atoms with Gasteiger partial charge in [0.1, 0.15) is 19.8 Å². The predicted molar refractivity (Wildman–Crippen MR) is 226 cm³/mol. The molecule has 0 aromatic carbocycles. The highest BCUT2D eigenvalue weighted by molar-refractivity contribution is 7.47. The number of esters is 2. The lowest BCUT2D eigenvalue weighted by Crippen LogP contribution is -2.37. The highest BCUT2D eigenvalue weighted by Gasteiger charge is 2.39. The van der Waals surface area contributed by atoms with Crippen LogP contribution in [0.5, 0.6) is 0 Å². The molecule has 1 aliphatic rings. The Balaban J connectivity index is 2.54. The van der Waals surface area contributed by atoms with Crippen molar-refractivity contribution < 1.29 is 57.4 Å². The number of hydrogen-bond acceptors (Lipinski definition) is 10. The van der Waals surface area contributed by atoms with Crippen molar-refractivity contribution in [2.75, 3.05) is 47.5 Å². The monoisotopic (exact) mass is 833 g/mol. The molecule has 1 rings (SSSR count). The van der Waals surface area contributed by atoms with Crippen LogP contribution in [0.2, 0.25) is 0 Å². The van der Waals surface area contributed by atoms with Gasteiger partial charge in [0.2, 0.25) is 0 Å². The van der Waals surface area contributed by atoms with E-state index < -0.39 is 50.8 Å². The second kappa shape index (κ2) is 32.2. The zero-order chi connectivity index (χ0) is 42.4. The van der Waals surface area contributed by atoms with Gasteiger partial charge in [0.05, 0.1) is 52.5 Å². The van der Waals surface area contributed by atoms with Crippen molar-refractivity contribution in [1.29, 1.82) is 0 Å². The molecule has 0 aromatic heterocycles. The summed E-state index contributed by atoms with van der Waals surface area (Å²) in [6.07, 6.45) is 26.4. The molecule has 7 atom stereocenters. The first kappa shape index (κ1) is 53.4. The van der Waals surface area contributed by atoms with Gasteiger partial charge >= 0.3 is 19.8 Å². The normalized spacial score (nSPS) is 20.9. The number of quaternary nitrogens is 1. The maximum Gasteiger partial charge on any atom is 0.472 e. The molecule has 0 spiro atoms. The Labute approximate surface area is 346 Å². The topological polar surface area (TPSA) is 169 Å². The van der Waals surface area contributed by atoms with Crippen LogP contribution in [0.4, 0.5) is 0 Å². The molecule has 1 fully saturated rings. The van der Waals surface area contributed by atoms with Crippen molar-refractivity contribution in [3.05, 3.63) is 24.3 Å². The van der Waals surface area contributed by atoms with Crippen LogP contribution in [0.3, 0.4) is 0 Å². The van der Waals surface area contributed by atoms with Crippen LogP contribution in [-0.2, 0) is 32.7 Å². The SMILES string of the molecule is CCCCCCCCCCCCCCCCCC(=O)O[C@H](COC(=O)C/C=C\C[C@H]1[C@@H](/C=C/[C@H](O)CCCCC)[C@H](O)C[C@@H]1O)COP(=O)(O)OCC[N+](C)(C)C. The van der Waals surface area contributed by atoms with Crippen LogP contribution in [0.15, 0.2) is 24.3 Å². The van der Waals surface area contributed by atoms with Gasteiger partial charge in [-0.25, -0.2) is 4.57 Å². The summed E-state index contributed by atoms with van der Waals surface area (Å²) in [5, 5.41) is 31.4. The second-order valence-corrected chi connectivity index (χ2v) is 18.5. The molecular formula is C44H83NO11P+. The van der Waals surface area contributed by atoms with Gasteiger partial charge in [-0.1, -0.05) is 147 Å². The molecule has 57 heavy (non-hydrogen) atoms. The summed E-state index contributed by atoms with van der Waals surface area (Å²) in [6.45, 7) is 3.95. The van der Waals surface area contributed by atoms with Gasteiger partial charge in [0.15, 0.2) is 6.10 Å². The Hall–Kier alpha value is -1.63. The van der Waals surface area contributed by atoms with Gasteiger partial charge in [-0.15, -0.1) is 0 Å². The van der Waals surface area contributed by atoms with Crippen LogP contribution in [-0.4, -0.2) is 109 Å². The molecule has 334 valence electrons. The first-order valence-corrected chi connectivity index (χ1v) is 23.8. The van der Waals surface area contributed by atoms with E-state index in [2.05, 4.69) is 13.8 Å². The molecule has 4 N–H and O–H groups in total. The third kappa shape index (κ3) is 29.3. The summed E-state index contributed by atoms with van der Waals surface area (Å²) >= 11 is 0. The van der Waals surface area contributed by atoms with Gasteiger partial charge in [0.25, 0.3) is 0 Å². The Morgan fingerprint density at radius 2 is 1.32 bits per heavy atom. The van der Waals surface area contributed by atoms with E-state index in [4.69, 9.17) is 18.5 Å². The third-order valence-corrected chi connectivity index (χ3v) is 11.6. The lowest BCUT2D eigenvalue weighted by atomic mass is 9.89. The van der Waals surface area contributed by atoms with Crippen LogP contribution in [0.25, 0.3) is 0 Å². The molecule has 1 saturated carbocycles. The minimum Gasteiger partial charge on any atom is -0.461 e. The fraction of sp³-hybridized carbons (Fsp3) is 0.864. The third-order valence-electron chi connectivity index (χ3n) is 10.6. The molecule has 0 heterocycles. The number of carbonyl (C=O) groups is 2. The van der Waals surface area contributed by atoms with Crippen LogP contribution in [0.1, 0.15) is 162 Å². The first-order valence-electron chi connectivity index (χ1n) is 22.3. The average molecular weight is 833 g/mol. The minimum absolute atomic E-state index is 0.0167. The van der Waals surface area contributed by atoms with E-state index in [1.54, 1.807) is 24.3 Å². The molecular weight excluding hydrogens is 749 g/mol. The Morgan fingerprint density at radius 1 is 0.754 bits per heavy atom. The van der Waals surface area contributed by atoms with Gasteiger partial charge in [-0.2, -0.15) is 0 Å². The van der Waals surface area contributed by atoms with E-state index >= 15 is 0 Å². The summed E-state index contributed by atoms with van der Waals surface area (Å²) in [4.78, 5) is 35.6. The van der Waals surface area contributed by atoms with Gasteiger partial charge in [0, 0.05) is 18.8 Å². The number of likely N-dealkylation sites (N-methyl/N-ethyl adjacent to an activating group) is 1. The second-order valence-electron chi connectivity index (χ2n) is 17.1. The molecule has 0 radical (unpaired) electrons. The van der Waals surface area contributed by atoms with E-state index in [-0.39, 0.29) is 44.3 Å². The number of aliphatic hydroxyl groups excluding tert-OH is 3. The highest BCUT2D eigenvalue weighted by Crippen LogP contribution is 2.43. The lowest BCUT2D eigenvalue weighted by Gasteiger charge is -2.24. The summed E-state index contributed by atoms with van der Waals surface area (Å²) in [5.41, 5.74) is 0. The number of phosphoric acid groups is 1. The van der Waals surface area contributed by atoms with Crippen molar-refractivity contribution >= 4 is 19.8 Å². The van der Waals surface area contributed by atoms with Crippen molar-refractivity contribution in [1.82, 2.24) is 0 Å². The number of ether oxygens (including phenoxy) is 2. The number of phosphoric ester groups is 1. The summed E-state index contributed by atoms with van der Waals surface area (Å²) < 4.78 is 34.2. The summed E-state index contributed by atoms with van der Waals surface area (Å²) in [7, 11) is 1.31. The average Bonchev–Trinajstić information content (AvgIpc) is 3.42. The Kier molecular flexibility index (Phi) is 30.1. The number of rotatable bonds is 36. The van der Waals surface area contributed by atoms with Gasteiger partial charge in [-0.3, -0.25) is 18.6 Å².